The molecule has 0 radical (unpaired) electrons. The van der Waals surface area contributed by atoms with E-state index in [0.29, 0.717) is 0 Å². The van der Waals surface area contributed by atoms with E-state index in [1.54, 1.807) is 0 Å². The summed E-state index contributed by atoms with van der Waals surface area (Å²) in [5, 5.41) is 0.997. The van der Waals surface area contributed by atoms with Crippen molar-refractivity contribution in [2.75, 3.05) is 5.73 Å². The number of nitrogens with zero attached hydrogens (tertiary/aromatic N) is 1. The molecule has 0 fully saturated rings. The minimum atomic E-state index is 0. The van der Waals surface area contributed by atoms with Gasteiger partial charge in [-0.05, 0) is 68.0 Å². The van der Waals surface area contributed by atoms with E-state index in [4.69, 9.17) is 15.5 Å². The molecule has 0 saturated carbocycles. The molecule has 3 nitrogen and oxygen atoms in total. The van der Waals surface area contributed by atoms with E-state index in [1.807, 2.05) is 49.4 Å². The van der Waals surface area contributed by atoms with E-state index in [2.05, 4.69) is 0 Å². The van der Waals surface area contributed by atoms with Gasteiger partial charge < -0.3 is 10.5 Å². The minimum Gasteiger partial charge on any atom is -0.457 e. The van der Waals surface area contributed by atoms with Crippen molar-refractivity contribution in [1.82, 2.24) is 4.98 Å². The lowest BCUT2D eigenvalue weighted by Gasteiger charge is -2.19. The zero-order valence-corrected chi connectivity index (χ0v) is 14.5. The molecule has 0 unspecified atom stereocenters. The van der Waals surface area contributed by atoms with Gasteiger partial charge in [0.25, 0.3) is 0 Å². The maximum absolute atomic E-state index is 6.44. The van der Waals surface area contributed by atoms with Gasteiger partial charge in [0, 0.05) is 16.8 Å². The monoisotopic (exact) mass is 340 g/mol. The Bertz CT molecular complexity index is 892. The van der Waals surface area contributed by atoms with Crippen LogP contribution in [0.25, 0.3) is 10.9 Å². The van der Waals surface area contributed by atoms with Crippen LogP contribution < -0.4 is 10.5 Å². The maximum atomic E-state index is 6.44. The fourth-order valence-electron chi connectivity index (χ4n) is 3.30. The molecule has 1 aliphatic rings. The van der Waals surface area contributed by atoms with Crippen LogP contribution in [0.1, 0.15) is 29.7 Å². The molecule has 1 aromatic heterocycles. The molecule has 4 rings (SSSR count). The third kappa shape index (κ3) is 2.92. The maximum Gasteiger partial charge on any atom is 0.130 e. The lowest BCUT2D eigenvalue weighted by molar-refractivity contribution is 0.479. The third-order valence-corrected chi connectivity index (χ3v) is 4.60. The van der Waals surface area contributed by atoms with Crippen molar-refractivity contribution in [1.29, 1.82) is 0 Å². The summed E-state index contributed by atoms with van der Waals surface area (Å²) in [7, 11) is 0. The first-order valence-corrected chi connectivity index (χ1v) is 8.17. The van der Waals surface area contributed by atoms with Crippen molar-refractivity contribution in [3.05, 3.63) is 59.3 Å². The topological polar surface area (TPSA) is 48.1 Å². The van der Waals surface area contributed by atoms with Crippen molar-refractivity contribution in [2.24, 2.45) is 0 Å². The second-order valence-corrected chi connectivity index (χ2v) is 6.20. The number of aromatic nitrogens is 1. The molecule has 0 aliphatic heterocycles. The fraction of sp³-hybridized carbons (Fsp3) is 0.250. The Morgan fingerprint density at radius 1 is 1.04 bits per heavy atom. The number of anilines is 1. The molecule has 24 heavy (non-hydrogen) atoms. The van der Waals surface area contributed by atoms with Gasteiger partial charge >= 0.3 is 0 Å². The summed E-state index contributed by atoms with van der Waals surface area (Å²) in [6.07, 6.45) is 4.48. The number of benzene rings is 2. The molecule has 0 atom stereocenters. The lowest BCUT2D eigenvalue weighted by Crippen LogP contribution is -2.09. The summed E-state index contributed by atoms with van der Waals surface area (Å²) in [4.78, 5) is 4.81. The molecule has 0 spiro atoms. The Balaban J connectivity index is 0.00000169. The number of halogens is 1. The number of hydrogen-bond donors (Lipinski definition) is 1. The molecule has 1 heterocycles. The number of pyridine rings is 1. The van der Waals surface area contributed by atoms with E-state index < -0.39 is 0 Å². The number of para-hydroxylation sites is 1. The average Bonchev–Trinajstić information content (AvgIpc) is 2.58. The van der Waals surface area contributed by atoms with Gasteiger partial charge in [-0.2, -0.15) is 0 Å². The average molecular weight is 341 g/mol. The Labute approximate surface area is 148 Å². The Morgan fingerprint density at radius 2 is 1.83 bits per heavy atom. The SMILES string of the molecule is Cc1ccccc1Oc1ccc2nc3c(c(N)c2c1)CCCC3.Cl. The van der Waals surface area contributed by atoms with E-state index in [-0.39, 0.29) is 12.4 Å². The first-order valence-electron chi connectivity index (χ1n) is 8.17. The quantitative estimate of drug-likeness (QED) is 0.695. The van der Waals surface area contributed by atoms with E-state index >= 15 is 0 Å². The highest BCUT2D eigenvalue weighted by atomic mass is 35.5. The smallest absolute Gasteiger partial charge is 0.130 e. The van der Waals surface area contributed by atoms with Gasteiger partial charge in [-0.1, -0.05) is 18.2 Å². The van der Waals surface area contributed by atoms with Crippen LogP contribution in [0.2, 0.25) is 0 Å². The molecule has 3 aromatic rings. The normalized spacial score (nSPS) is 13.2. The van der Waals surface area contributed by atoms with Crippen LogP contribution in [0.3, 0.4) is 0 Å². The van der Waals surface area contributed by atoms with Gasteiger partial charge in [0.15, 0.2) is 0 Å². The van der Waals surface area contributed by atoms with E-state index in [9.17, 15) is 0 Å². The van der Waals surface area contributed by atoms with Crippen LogP contribution >= 0.6 is 12.4 Å². The summed E-state index contributed by atoms with van der Waals surface area (Å²) in [6.45, 7) is 2.04. The van der Waals surface area contributed by atoms with Crippen LogP contribution in [0.4, 0.5) is 5.69 Å². The number of hydrogen-bond acceptors (Lipinski definition) is 3. The third-order valence-electron chi connectivity index (χ3n) is 4.60. The largest absolute Gasteiger partial charge is 0.457 e. The molecule has 2 N–H and O–H groups in total. The van der Waals surface area contributed by atoms with Crippen LogP contribution in [-0.2, 0) is 12.8 Å². The van der Waals surface area contributed by atoms with Crippen LogP contribution in [0.5, 0.6) is 11.5 Å². The second-order valence-electron chi connectivity index (χ2n) is 6.20. The van der Waals surface area contributed by atoms with Crippen molar-refractivity contribution in [2.45, 2.75) is 32.6 Å². The van der Waals surface area contributed by atoms with Crippen LogP contribution in [0.15, 0.2) is 42.5 Å². The molecular formula is C20H21ClN2O. The van der Waals surface area contributed by atoms with E-state index in [0.717, 1.165) is 46.5 Å². The summed E-state index contributed by atoms with van der Waals surface area (Å²) >= 11 is 0. The zero-order chi connectivity index (χ0) is 15.8. The highest BCUT2D eigenvalue weighted by molar-refractivity contribution is 5.93. The second kappa shape index (κ2) is 6.70. The Kier molecular flexibility index (Phi) is 4.63. The minimum absolute atomic E-state index is 0. The molecule has 4 heteroatoms. The van der Waals surface area contributed by atoms with Crippen molar-refractivity contribution in [3.8, 4) is 11.5 Å². The molecule has 0 bridgehead atoms. The fourth-order valence-corrected chi connectivity index (χ4v) is 3.30. The predicted octanol–water partition coefficient (Wildman–Crippen LogP) is 5.22. The van der Waals surface area contributed by atoms with Crippen molar-refractivity contribution >= 4 is 29.0 Å². The summed E-state index contributed by atoms with van der Waals surface area (Å²) in [5.74, 6) is 1.67. The van der Waals surface area contributed by atoms with Crippen molar-refractivity contribution in [3.63, 3.8) is 0 Å². The molecule has 1 aliphatic carbocycles. The molecule has 2 aromatic carbocycles. The van der Waals surface area contributed by atoms with Gasteiger partial charge in [0.2, 0.25) is 0 Å². The van der Waals surface area contributed by atoms with Gasteiger partial charge in [0.1, 0.15) is 11.5 Å². The first kappa shape index (κ1) is 16.6. The number of nitrogen functional groups attached to an aromatic ring is 1. The lowest BCUT2D eigenvalue weighted by atomic mass is 9.93. The highest BCUT2D eigenvalue weighted by Gasteiger charge is 2.16. The first-order chi connectivity index (χ1) is 11.2. The number of nitrogens with two attached hydrogens (primary N) is 1. The van der Waals surface area contributed by atoms with Gasteiger partial charge in [-0.3, -0.25) is 4.98 Å². The standard InChI is InChI=1S/C20H20N2O.ClH/c1-13-6-2-5-9-19(13)23-14-10-11-18-16(12-14)20(21)15-7-3-4-8-17(15)22-18;/h2,5-6,9-12H,3-4,7-8H2,1H3,(H2,21,22);1H. The van der Waals surface area contributed by atoms with Gasteiger partial charge in [-0.25, -0.2) is 0 Å². The Morgan fingerprint density at radius 3 is 2.67 bits per heavy atom. The molecular weight excluding hydrogens is 320 g/mol. The van der Waals surface area contributed by atoms with Crippen molar-refractivity contribution < 1.29 is 4.74 Å². The predicted molar refractivity (Wildman–Crippen MR) is 101 cm³/mol. The van der Waals surface area contributed by atoms with Gasteiger partial charge in [0.05, 0.1) is 5.52 Å². The highest BCUT2D eigenvalue weighted by Crippen LogP contribution is 2.34. The Hall–Kier alpha value is -2.26. The number of ether oxygens (including phenoxy) is 1. The summed E-state index contributed by atoms with van der Waals surface area (Å²) in [6, 6.07) is 14.0. The summed E-state index contributed by atoms with van der Waals surface area (Å²) < 4.78 is 6.03. The summed E-state index contributed by atoms with van der Waals surface area (Å²) in [5.41, 5.74) is 11.8. The number of rotatable bonds is 2. The number of aryl methyl sites for hydroxylation is 2. The van der Waals surface area contributed by atoms with Gasteiger partial charge in [-0.15, -0.1) is 12.4 Å². The zero-order valence-electron chi connectivity index (χ0n) is 13.7. The van der Waals surface area contributed by atoms with E-state index in [1.165, 1.54) is 24.1 Å². The van der Waals surface area contributed by atoms with Crippen LogP contribution in [0, 0.1) is 6.92 Å². The number of fused-ring (bicyclic) bond motifs is 2. The molecule has 124 valence electrons. The molecule has 0 amide bonds. The van der Waals surface area contributed by atoms with Crippen LogP contribution in [-0.4, -0.2) is 4.98 Å². The molecule has 0 saturated heterocycles.